The van der Waals surface area contributed by atoms with Gasteiger partial charge in [0.2, 0.25) is 10.0 Å². The molecular formula is C11H16Br2N4O3S. The van der Waals surface area contributed by atoms with E-state index in [9.17, 15) is 13.2 Å². The number of amides is 2. The van der Waals surface area contributed by atoms with Crippen molar-refractivity contribution in [2.24, 2.45) is 0 Å². The molecule has 0 bridgehead atoms. The number of nitrogens with one attached hydrogen (secondary N) is 2. The number of nitrogens with zero attached hydrogens (tertiary/aromatic N) is 1. The van der Waals surface area contributed by atoms with E-state index in [4.69, 9.17) is 5.73 Å². The van der Waals surface area contributed by atoms with Crippen LogP contribution in [0, 0.1) is 0 Å². The molecule has 1 aromatic rings. The molecule has 10 heteroatoms. The Bertz CT molecular complexity index is 611. The van der Waals surface area contributed by atoms with Crippen LogP contribution in [0.25, 0.3) is 0 Å². The Balaban J connectivity index is 2.73. The molecule has 21 heavy (non-hydrogen) atoms. The summed E-state index contributed by atoms with van der Waals surface area (Å²) in [6.45, 7) is 0.256. The molecule has 0 heterocycles. The van der Waals surface area contributed by atoms with Gasteiger partial charge in [0.25, 0.3) is 0 Å². The van der Waals surface area contributed by atoms with E-state index in [1.807, 2.05) is 0 Å². The van der Waals surface area contributed by atoms with E-state index in [2.05, 4.69) is 41.9 Å². The molecule has 118 valence electrons. The van der Waals surface area contributed by atoms with Crippen molar-refractivity contribution in [3.8, 4) is 0 Å². The monoisotopic (exact) mass is 442 g/mol. The second kappa shape index (κ2) is 7.43. The third kappa shape index (κ3) is 5.13. The Morgan fingerprint density at radius 2 is 1.76 bits per heavy atom. The summed E-state index contributed by atoms with van der Waals surface area (Å²) in [5, 5.41) is 2.56. The van der Waals surface area contributed by atoms with Crippen molar-refractivity contribution in [2.45, 2.75) is 4.90 Å². The van der Waals surface area contributed by atoms with Crippen LogP contribution >= 0.6 is 31.9 Å². The minimum atomic E-state index is -3.72. The fourth-order valence-electron chi connectivity index (χ4n) is 1.42. The van der Waals surface area contributed by atoms with Crippen LogP contribution in [0.2, 0.25) is 0 Å². The van der Waals surface area contributed by atoms with Crippen molar-refractivity contribution in [1.82, 2.24) is 14.9 Å². The van der Waals surface area contributed by atoms with E-state index >= 15 is 0 Å². The Morgan fingerprint density at radius 1 is 1.24 bits per heavy atom. The molecule has 0 aliphatic rings. The lowest BCUT2D eigenvalue weighted by molar-refractivity contribution is 0.217. The number of nitrogen functional groups attached to an aromatic ring is 1. The smallest absolute Gasteiger partial charge is 0.316 e. The maximum Gasteiger partial charge on any atom is 0.316 e. The van der Waals surface area contributed by atoms with Crippen molar-refractivity contribution in [3.63, 3.8) is 0 Å². The summed E-state index contributed by atoms with van der Waals surface area (Å²) in [5.41, 5.74) is 6.06. The Morgan fingerprint density at radius 3 is 2.24 bits per heavy atom. The van der Waals surface area contributed by atoms with E-state index in [0.717, 1.165) is 0 Å². The Labute approximate surface area is 140 Å². The Hall–Kier alpha value is -0.840. The van der Waals surface area contributed by atoms with Gasteiger partial charge in [-0.15, -0.1) is 0 Å². The average molecular weight is 444 g/mol. The van der Waals surface area contributed by atoms with Gasteiger partial charge in [-0.25, -0.2) is 17.9 Å². The summed E-state index contributed by atoms with van der Waals surface area (Å²) >= 11 is 6.36. The highest BCUT2D eigenvalue weighted by Gasteiger charge is 2.21. The third-order valence-corrected chi connectivity index (χ3v) is 5.73. The molecule has 0 unspecified atom stereocenters. The summed E-state index contributed by atoms with van der Waals surface area (Å²) in [5.74, 6) is 0. The number of carbonyl (C=O) groups excluding carboxylic acids is 1. The van der Waals surface area contributed by atoms with Gasteiger partial charge in [-0.2, -0.15) is 0 Å². The van der Waals surface area contributed by atoms with Crippen molar-refractivity contribution < 1.29 is 13.2 Å². The van der Waals surface area contributed by atoms with Crippen molar-refractivity contribution in [3.05, 3.63) is 21.1 Å². The number of anilines is 1. The molecule has 4 N–H and O–H groups in total. The summed E-state index contributed by atoms with van der Waals surface area (Å²) in [7, 11) is -0.522. The van der Waals surface area contributed by atoms with E-state index in [1.165, 1.54) is 17.0 Å². The van der Waals surface area contributed by atoms with E-state index in [-0.39, 0.29) is 24.0 Å². The summed E-state index contributed by atoms with van der Waals surface area (Å²) < 4.78 is 27.6. The minimum Gasteiger partial charge on any atom is -0.399 e. The zero-order chi connectivity index (χ0) is 16.2. The Kier molecular flexibility index (Phi) is 6.44. The molecule has 0 fully saturated rings. The van der Waals surface area contributed by atoms with Gasteiger partial charge in [0.05, 0.1) is 0 Å². The number of hydrogen-bond acceptors (Lipinski definition) is 4. The number of benzene rings is 1. The van der Waals surface area contributed by atoms with Gasteiger partial charge in [0.15, 0.2) is 0 Å². The van der Waals surface area contributed by atoms with Crippen molar-refractivity contribution >= 4 is 53.6 Å². The van der Waals surface area contributed by atoms with Crippen LogP contribution in [-0.2, 0) is 10.0 Å². The number of halogens is 2. The third-order valence-electron chi connectivity index (χ3n) is 2.39. The number of rotatable bonds is 5. The van der Waals surface area contributed by atoms with Crippen LogP contribution in [0.3, 0.4) is 0 Å². The van der Waals surface area contributed by atoms with Crippen molar-refractivity contribution in [2.75, 3.05) is 32.9 Å². The van der Waals surface area contributed by atoms with E-state index in [1.54, 1.807) is 14.1 Å². The molecule has 0 spiro atoms. The molecule has 0 radical (unpaired) electrons. The molecule has 0 aliphatic carbocycles. The number of sulfonamides is 1. The lowest BCUT2D eigenvalue weighted by atomic mass is 10.3. The highest BCUT2D eigenvalue weighted by atomic mass is 79.9. The molecular weight excluding hydrogens is 428 g/mol. The maximum atomic E-state index is 12.2. The van der Waals surface area contributed by atoms with Gasteiger partial charge in [-0.3, -0.25) is 0 Å². The lowest BCUT2D eigenvalue weighted by Gasteiger charge is -2.13. The van der Waals surface area contributed by atoms with Crippen LogP contribution in [0.1, 0.15) is 0 Å². The van der Waals surface area contributed by atoms with Crippen LogP contribution in [0.15, 0.2) is 26.0 Å². The molecule has 1 aromatic carbocycles. The standard InChI is InChI=1S/C11H16Br2N4O3S/c1-17(2)11(18)15-3-4-16-21(19,20)10-8(12)5-7(14)6-9(10)13/h5-6,16H,3-4,14H2,1-2H3,(H,15,18). The molecule has 0 saturated carbocycles. The van der Waals surface area contributed by atoms with Crippen LogP contribution < -0.4 is 15.8 Å². The first-order valence-electron chi connectivity index (χ1n) is 5.84. The number of carbonyl (C=O) groups is 1. The van der Waals surface area contributed by atoms with E-state index in [0.29, 0.717) is 14.6 Å². The topological polar surface area (TPSA) is 105 Å². The SMILES string of the molecule is CN(C)C(=O)NCCNS(=O)(=O)c1c(Br)cc(N)cc1Br. The van der Waals surface area contributed by atoms with Gasteiger partial charge in [0, 0.05) is 41.8 Å². The molecule has 0 saturated heterocycles. The van der Waals surface area contributed by atoms with Crippen LogP contribution in [-0.4, -0.2) is 46.5 Å². The molecule has 1 rings (SSSR count). The van der Waals surface area contributed by atoms with Gasteiger partial charge in [0.1, 0.15) is 4.90 Å². The second-order valence-electron chi connectivity index (χ2n) is 4.34. The zero-order valence-electron chi connectivity index (χ0n) is 11.5. The number of urea groups is 1. The first-order valence-corrected chi connectivity index (χ1v) is 8.91. The van der Waals surface area contributed by atoms with Crippen LogP contribution in [0.5, 0.6) is 0 Å². The number of nitrogens with two attached hydrogens (primary N) is 1. The minimum absolute atomic E-state index is 0.0654. The van der Waals surface area contributed by atoms with Crippen LogP contribution in [0.4, 0.5) is 10.5 Å². The summed E-state index contributed by atoms with van der Waals surface area (Å²) in [6.07, 6.45) is 0. The zero-order valence-corrected chi connectivity index (χ0v) is 15.5. The molecule has 2 amide bonds. The van der Waals surface area contributed by atoms with Crippen molar-refractivity contribution in [1.29, 1.82) is 0 Å². The summed E-state index contributed by atoms with van der Waals surface area (Å²) in [4.78, 5) is 12.7. The lowest BCUT2D eigenvalue weighted by Crippen LogP contribution is -2.39. The fraction of sp³-hybridized carbons (Fsp3) is 0.364. The van der Waals surface area contributed by atoms with Gasteiger partial charge >= 0.3 is 6.03 Å². The highest BCUT2D eigenvalue weighted by molar-refractivity contribution is 9.11. The fourth-order valence-corrected chi connectivity index (χ4v) is 5.07. The first kappa shape index (κ1) is 18.2. The van der Waals surface area contributed by atoms with Gasteiger partial charge < -0.3 is 16.0 Å². The number of hydrogen-bond donors (Lipinski definition) is 3. The first-order chi connectivity index (χ1) is 9.65. The normalized spacial score (nSPS) is 11.2. The predicted molar refractivity (Wildman–Crippen MR) is 88.5 cm³/mol. The average Bonchev–Trinajstić information content (AvgIpc) is 2.32. The molecule has 7 nitrogen and oxygen atoms in total. The van der Waals surface area contributed by atoms with Gasteiger partial charge in [-0.1, -0.05) is 0 Å². The van der Waals surface area contributed by atoms with E-state index < -0.39 is 10.0 Å². The molecule has 0 aromatic heterocycles. The highest BCUT2D eigenvalue weighted by Crippen LogP contribution is 2.32. The van der Waals surface area contributed by atoms with Gasteiger partial charge in [-0.05, 0) is 44.0 Å². The molecule has 0 aliphatic heterocycles. The maximum absolute atomic E-state index is 12.2. The second-order valence-corrected chi connectivity index (χ2v) is 7.75. The predicted octanol–water partition coefficient (Wildman–Crippen LogP) is 1.34. The largest absolute Gasteiger partial charge is 0.399 e. The summed E-state index contributed by atoms with van der Waals surface area (Å²) in [6, 6.07) is 2.73. The quantitative estimate of drug-likeness (QED) is 0.471. The molecule has 0 atom stereocenters.